The fourth-order valence-electron chi connectivity index (χ4n) is 2.50. The van der Waals surface area contributed by atoms with E-state index in [1.54, 1.807) is 29.2 Å². The van der Waals surface area contributed by atoms with Crippen LogP contribution >= 0.6 is 0 Å². The third-order valence-corrected chi connectivity index (χ3v) is 3.97. The van der Waals surface area contributed by atoms with E-state index in [1.165, 1.54) is 0 Å². The number of carboxylic acid groups (broad SMARTS) is 1. The van der Waals surface area contributed by atoms with Crippen LogP contribution in [0.15, 0.2) is 54.6 Å². The number of hydrogen-bond acceptors (Lipinski definition) is 2. The Bertz CT molecular complexity index is 697. The first-order chi connectivity index (χ1) is 12.0. The van der Waals surface area contributed by atoms with Crippen LogP contribution in [0.3, 0.4) is 0 Å². The van der Waals surface area contributed by atoms with Crippen LogP contribution in [-0.2, 0) is 13.0 Å². The lowest BCUT2D eigenvalue weighted by Crippen LogP contribution is -2.44. The van der Waals surface area contributed by atoms with E-state index in [4.69, 9.17) is 5.11 Å². The average Bonchev–Trinajstić information content (AvgIpc) is 2.60. The van der Waals surface area contributed by atoms with Gasteiger partial charge in [-0.3, -0.25) is 0 Å². The predicted molar refractivity (Wildman–Crippen MR) is 97.6 cm³/mol. The molecule has 0 atom stereocenters. The Labute approximate surface area is 148 Å². The van der Waals surface area contributed by atoms with Crippen molar-refractivity contribution in [2.45, 2.75) is 32.9 Å². The molecule has 0 unspecified atom stereocenters. The third kappa shape index (κ3) is 5.64. The molecule has 2 rings (SSSR count). The number of benzene rings is 2. The Balaban J connectivity index is 1.87. The van der Waals surface area contributed by atoms with E-state index < -0.39 is 5.97 Å². The SMILES string of the molecule is CC(C)N(Cc1ccccc1)C(=O)NCCc1ccc(C(=O)O)cc1. The number of rotatable bonds is 7. The van der Waals surface area contributed by atoms with E-state index in [0.717, 1.165) is 11.1 Å². The highest BCUT2D eigenvalue weighted by molar-refractivity contribution is 5.87. The first-order valence-corrected chi connectivity index (χ1v) is 8.38. The highest BCUT2D eigenvalue weighted by atomic mass is 16.4. The van der Waals surface area contributed by atoms with Gasteiger partial charge in [0.05, 0.1) is 5.56 Å². The van der Waals surface area contributed by atoms with Crippen molar-refractivity contribution in [1.29, 1.82) is 0 Å². The summed E-state index contributed by atoms with van der Waals surface area (Å²) in [6, 6.07) is 16.6. The van der Waals surface area contributed by atoms with Crippen LogP contribution in [0.4, 0.5) is 4.79 Å². The van der Waals surface area contributed by atoms with Crippen LogP contribution < -0.4 is 5.32 Å². The highest BCUT2D eigenvalue weighted by Gasteiger charge is 2.16. The fourth-order valence-corrected chi connectivity index (χ4v) is 2.50. The van der Waals surface area contributed by atoms with Gasteiger partial charge in [0.1, 0.15) is 0 Å². The van der Waals surface area contributed by atoms with E-state index in [2.05, 4.69) is 5.32 Å². The maximum atomic E-state index is 12.5. The Morgan fingerprint density at radius 1 is 1.00 bits per heavy atom. The van der Waals surface area contributed by atoms with Crippen molar-refractivity contribution in [2.75, 3.05) is 6.54 Å². The van der Waals surface area contributed by atoms with Gasteiger partial charge < -0.3 is 15.3 Å². The second kappa shape index (κ2) is 8.87. The zero-order valence-electron chi connectivity index (χ0n) is 14.6. The van der Waals surface area contributed by atoms with E-state index in [1.807, 2.05) is 44.2 Å². The molecule has 0 aromatic heterocycles. The van der Waals surface area contributed by atoms with Crippen molar-refractivity contribution in [3.63, 3.8) is 0 Å². The van der Waals surface area contributed by atoms with Crippen molar-refractivity contribution >= 4 is 12.0 Å². The summed E-state index contributed by atoms with van der Waals surface area (Å²) in [6.07, 6.45) is 0.656. The molecule has 132 valence electrons. The molecule has 2 aromatic carbocycles. The quantitative estimate of drug-likeness (QED) is 0.810. The van der Waals surface area contributed by atoms with Gasteiger partial charge in [-0.05, 0) is 43.5 Å². The molecule has 5 nitrogen and oxygen atoms in total. The van der Waals surface area contributed by atoms with Gasteiger partial charge in [-0.25, -0.2) is 9.59 Å². The summed E-state index contributed by atoms with van der Waals surface area (Å²) in [7, 11) is 0. The number of nitrogens with zero attached hydrogens (tertiary/aromatic N) is 1. The largest absolute Gasteiger partial charge is 0.478 e. The predicted octanol–water partition coefficient (Wildman–Crippen LogP) is 3.55. The van der Waals surface area contributed by atoms with Gasteiger partial charge in [0.25, 0.3) is 0 Å². The van der Waals surface area contributed by atoms with Crippen LogP contribution in [-0.4, -0.2) is 34.6 Å². The number of nitrogens with one attached hydrogen (secondary N) is 1. The number of amides is 2. The number of carbonyl (C=O) groups excluding carboxylic acids is 1. The molecular weight excluding hydrogens is 316 g/mol. The molecule has 0 fully saturated rings. The minimum Gasteiger partial charge on any atom is -0.478 e. The first-order valence-electron chi connectivity index (χ1n) is 8.38. The number of carboxylic acids is 1. The van der Waals surface area contributed by atoms with Crippen molar-refractivity contribution in [2.24, 2.45) is 0 Å². The first kappa shape index (κ1) is 18.5. The summed E-state index contributed by atoms with van der Waals surface area (Å²) in [5.41, 5.74) is 2.35. The Morgan fingerprint density at radius 2 is 1.64 bits per heavy atom. The van der Waals surface area contributed by atoms with Crippen LogP contribution in [0.1, 0.15) is 35.3 Å². The third-order valence-electron chi connectivity index (χ3n) is 3.97. The van der Waals surface area contributed by atoms with Crippen LogP contribution in [0.25, 0.3) is 0 Å². The molecule has 0 aliphatic heterocycles. The summed E-state index contributed by atoms with van der Waals surface area (Å²) < 4.78 is 0. The van der Waals surface area contributed by atoms with E-state index in [0.29, 0.717) is 19.5 Å². The molecule has 2 amide bonds. The number of hydrogen-bond donors (Lipinski definition) is 2. The standard InChI is InChI=1S/C20H24N2O3/c1-15(2)22(14-17-6-4-3-5-7-17)20(25)21-13-12-16-8-10-18(11-9-16)19(23)24/h3-11,15H,12-14H2,1-2H3,(H,21,25)(H,23,24). The lowest BCUT2D eigenvalue weighted by atomic mass is 10.1. The van der Waals surface area contributed by atoms with Gasteiger partial charge in [0.2, 0.25) is 0 Å². The van der Waals surface area contributed by atoms with E-state index in [-0.39, 0.29) is 17.6 Å². The van der Waals surface area contributed by atoms with Crippen molar-refractivity contribution in [3.05, 3.63) is 71.3 Å². The maximum Gasteiger partial charge on any atom is 0.335 e. The molecule has 2 N–H and O–H groups in total. The maximum absolute atomic E-state index is 12.5. The molecule has 0 radical (unpaired) electrons. The van der Waals surface area contributed by atoms with Gasteiger partial charge in [-0.1, -0.05) is 42.5 Å². The number of aromatic carboxylic acids is 1. The molecule has 25 heavy (non-hydrogen) atoms. The monoisotopic (exact) mass is 340 g/mol. The summed E-state index contributed by atoms with van der Waals surface area (Å²) in [5.74, 6) is -0.937. The van der Waals surface area contributed by atoms with Crippen molar-refractivity contribution in [3.8, 4) is 0 Å². The Morgan fingerprint density at radius 3 is 2.20 bits per heavy atom. The minimum atomic E-state index is -0.937. The highest BCUT2D eigenvalue weighted by Crippen LogP contribution is 2.09. The second-order valence-electron chi connectivity index (χ2n) is 6.19. The number of urea groups is 1. The van der Waals surface area contributed by atoms with Gasteiger partial charge in [-0.2, -0.15) is 0 Å². The van der Waals surface area contributed by atoms with Crippen molar-refractivity contribution in [1.82, 2.24) is 10.2 Å². The molecule has 0 aliphatic rings. The summed E-state index contributed by atoms with van der Waals surface area (Å²) in [5, 5.41) is 11.8. The van der Waals surface area contributed by atoms with Crippen molar-refractivity contribution < 1.29 is 14.7 Å². The minimum absolute atomic E-state index is 0.0926. The van der Waals surface area contributed by atoms with Gasteiger partial charge >= 0.3 is 12.0 Å². The lowest BCUT2D eigenvalue weighted by Gasteiger charge is -2.27. The zero-order chi connectivity index (χ0) is 18.2. The normalized spacial score (nSPS) is 10.5. The van der Waals surface area contributed by atoms with Crippen LogP contribution in [0.5, 0.6) is 0 Å². The zero-order valence-corrected chi connectivity index (χ0v) is 14.6. The molecule has 0 saturated heterocycles. The Kier molecular flexibility index (Phi) is 6.57. The molecule has 5 heteroatoms. The van der Waals surface area contributed by atoms with Gasteiger partial charge in [0, 0.05) is 19.1 Å². The molecule has 0 bridgehead atoms. The summed E-state index contributed by atoms with van der Waals surface area (Å²) in [6.45, 7) is 5.06. The number of carbonyl (C=O) groups is 2. The molecular formula is C20H24N2O3. The molecule has 2 aromatic rings. The Hall–Kier alpha value is -2.82. The summed E-state index contributed by atoms with van der Waals surface area (Å²) >= 11 is 0. The smallest absolute Gasteiger partial charge is 0.335 e. The summed E-state index contributed by atoms with van der Waals surface area (Å²) in [4.78, 5) is 25.1. The average molecular weight is 340 g/mol. The van der Waals surface area contributed by atoms with Crippen LogP contribution in [0, 0.1) is 0 Å². The van der Waals surface area contributed by atoms with Crippen LogP contribution in [0.2, 0.25) is 0 Å². The van der Waals surface area contributed by atoms with Gasteiger partial charge in [0.15, 0.2) is 0 Å². The fraction of sp³-hybridized carbons (Fsp3) is 0.300. The van der Waals surface area contributed by atoms with E-state index in [9.17, 15) is 9.59 Å². The molecule has 0 aliphatic carbocycles. The topological polar surface area (TPSA) is 69.6 Å². The molecule has 0 spiro atoms. The molecule has 0 saturated carbocycles. The van der Waals surface area contributed by atoms with E-state index >= 15 is 0 Å². The molecule has 0 heterocycles. The van der Waals surface area contributed by atoms with Gasteiger partial charge in [-0.15, -0.1) is 0 Å². The second-order valence-corrected chi connectivity index (χ2v) is 6.19. The lowest BCUT2D eigenvalue weighted by molar-refractivity contribution is 0.0697.